The maximum Gasteiger partial charge on any atom is 0.322 e. The van der Waals surface area contributed by atoms with Gasteiger partial charge < -0.3 is 10.5 Å². The Hall–Kier alpha value is -1.79. The molecule has 0 saturated carbocycles. The molecule has 4 nitrogen and oxygen atoms in total. The van der Waals surface area contributed by atoms with E-state index in [0.717, 1.165) is 6.07 Å². The van der Waals surface area contributed by atoms with Crippen LogP contribution in [0.2, 0.25) is 5.02 Å². The number of hydrogen-bond acceptors (Lipinski definition) is 4. The van der Waals surface area contributed by atoms with Crippen LogP contribution in [-0.4, -0.2) is 15.0 Å². The molecular weight excluding hydrogens is 289 g/mol. The van der Waals surface area contributed by atoms with Crippen LogP contribution in [0.1, 0.15) is 11.4 Å². The van der Waals surface area contributed by atoms with Gasteiger partial charge in [-0.3, -0.25) is 0 Å². The molecule has 2 N–H and O–H groups in total. The van der Waals surface area contributed by atoms with Crippen LogP contribution in [0.3, 0.4) is 0 Å². The lowest BCUT2D eigenvalue weighted by molar-refractivity contribution is 0.436. The van der Waals surface area contributed by atoms with Gasteiger partial charge >= 0.3 is 6.01 Å². The first-order chi connectivity index (χ1) is 8.95. The Kier molecular flexibility index (Phi) is 3.92. The summed E-state index contributed by atoms with van der Waals surface area (Å²) in [4.78, 5) is 8.22. The zero-order valence-electron chi connectivity index (χ0n) is 9.85. The Morgan fingerprint density at radius 2 is 2.11 bits per heavy atom. The van der Waals surface area contributed by atoms with Gasteiger partial charge in [0.15, 0.2) is 0 Å². The highest BCUT2D eigenvalue weighted by Gasteiger charge is 2.08. The summed E-state index contributed by atoms with van der Waals surface area (Å²) in [6, 6.07) is 5.73. The zero-order chi connectivity index (χ0) is 14.0. The number of benzene rings is 1. The molecule has 1 aromatic heterocycles. The highest BCUT2D eigenvalue weighted by Crippen LogP contribution is 2.23. The van der Waals surface area contributed by atoms with Gasteiger partial charge in [0.05, 0.1) is 5.02 Å². The van der Waals surface area contributed by atoms with Gasteiger partial charge in [-0.2, -0.15) is 4.98 Å². The fourth-order valence-corrected chi connectivity index (χ4v) is 1.58. The third-order valence-corrected chi connectivity index (χ3v) is 2.70. The highest BCUT2D eigenvalue weighted by atomic mass is 35.5. The van der Waals surface area contributed by atoms with Gasteiger partial charge in [0.1, 0.15) is 22.2 Å². The van der Waals surface area contributed by atoms with Gasteiger partial charge in [0.2, 0.25) is 0 Å². The van der Waals surface area contributed by atoms with Crippen molar-refractivity contribution in [2.75, 3.05) is 0 Å². The minimum absolute atomic E-state index is 0.0151. The molecule has 0 aliphatic heterocycles. The summed E-state index contributed by atoms with van der Waals surface area (Å²) in [5.41, 5.74) is 6.53. The molecule has 0 aliphatic rings. The lowest BCUT2D eigenvalue weighted by atomic mass is 10.3. The Balaban J connectivity index is 2.32. The zero-order valence-corrected chi connectivity index (χ0v) is 11.4. The topological polar surface area (TPSA) is 61.0 Å². The van der Waals surface area contributed by atoms with Gasteiger partial charge in [-0.1, -0.05) is 23.8 Å². The van der Waals surface area contributed by atoms with Gasteiger partial charge in [-0.15, -0.1) is 0 Å². The average Bonchev–Trinajstić information content (AvgIpc) is 2.33. The number of thiocarbonyl (C=S) groups is 1. The first-order valence-electron chi connectivity index (χ1n) is 5.24. The summed E-state index contributed by atoms with van der Waals surface area (Å²) in [5.74, 6) is -0.345. The average molecular weight is 298 g/mol. The maximum absolute atomic E-state index is 13.3. The molecule has 0 spiro atoms. The van der Waals surface area contributed by atoms with E-state index in [4.69, 9.17) is 34.3 Å². The second kappa shape index (κ2) is 5.46. The van der Waals surface area contributed by atoms with Crippen molar-refractivity contribution in [3.8, 4) is 11.8 Å². The van der Waals surface area contributed by atoms with Crippen LogP contribution < -0.4 is 10.5 Å². The molecule has 0 amide bonds. The first-order valence-corrected chi connectivity index (χ1v) is 6.03. The second-order valence-corrected chi connectivity index (χ2v) is 4.57. The fourth-order valence-electron chi connectivity index (χ4n) is 1.36. The summed E-state index contributed by atoms with van der Waals surface area (Å²) < 4.78 is 18.6. The van der Waals surface area contributed by atoms with Crippen LogP contribution in [0.25, 0.3) is 0 Å². The van der Waals surface area contributed by atoms with Crippen molar-refractivity contribution in [2.45, 2.75) is 6.92 Å². The van der Waals surface area contributed by atoms with Crippen LogP contribution in [0.4, 0.5) is 4.39 Å². The van der Waals surface area contributed by atoms with Crippen LogP contribution in [-0.2, 0) is 0 Å². The van der Waals surface area contributed by atoms with Crippen LogP contribution in [0.5, 0.6) is 11.8 Å². The van der Waals surface area contributed by atoms with Gasteiger partial charge in [-0.05, 0) is 25.1 Å². The van der Waals surface area contributed by atoms with E-state index in [1.807, 2.05) is 0 Å². The van der Waals surface area contributed by atoms with Crippen molar-refractivity contribution in [1.29, 1.82) is 0 Å². The number of nitrogens with two attached hydrogens (primary N) is 1. The molecule has 2 aromatic rings. The summed E-state index contributed by atoms with van der Waals surface area (Å²) in [5, 5.41) is 0.0151. The van der Waals surface area contributed by atoms with Crippen LogP contribution in [0.15, 0.2) is 24.3 Å². The van der Waals surface area contributed by atoms with Crippen molar-refractivity contribution in [3.05, 3.63) is 46.5 Å². The van der Waals surface area contributed by atoms with E-state index in [0.29, 0.717) is 11.4 Å². The first kappa shape index (κ1) is 13.6. The number of rotatable bonds is 3. The smallest absolute Gasteiger partial charge is 0.322 e. The molecule has 0 bridgehead atoms. The van der Waals surface area contributed by atoms with E-state index in [9.17, 15) is 4.39 Å². The monoisotopic (exact) mass is 297 g/mol. The Bertz CT molecular complexity index is 651. The van der Waals surface area contributed by atoms with Crippen LogP contribution >= 0.6 is 23.8 Å². The molecular formula is C12H9ClFN3OS. The van der Waals surface area contributed by atoms with Gasteiger partial charge in [0.25, 0.3) is 0 Å². The van der Waals surface area contributed by atoms with E-state index < -0.39 is 5.82 Å². The lowest BCUT2D eigenvalue weighted by Crippen LogP contribution is -2.13. The minimum Gasteiger partial charge on any atom is -0.424 e. The number of ether oxygens (including phenoxy) is 1. The lowest BCUT2D eigenvalue weighted by Gasteiger charge is -2.07. The number of nitrogens with zero attached hydrogens (tertiary/aromatic N) is 2. The van der Waals surface area contributed by atoms with Crippen molar-refractivity contribution >= 4 is 28.8 Å². The van der Waals surface area contributed by atoms with E-state index >= 15 is 0 Å². The van der Waals surface area contributed by atoms with Gasteiger partial charge in [0, 0.05) is 11.8 Å². The molecule has 0 aliphatic carbocycles. The summed E-state index contributed by atoms with van der Waals surface area (Å²) >= 11 is 10.4. The molecule has 19 heavy (non-hydrogen) atoms. The van der Waals surface area contributed by atoms with Gasteiger partial charge in [-0.25, -0.2) is 9.37 Å². The van der Waals surface area contributed by atoms with Crippen molar-refractivity contribution in [2.24, 2.45) is 5.73 Å². The standard InChI is InChI=1S/C12H9ClFN3OS/c1-6-4-10(11(15)19)17-12(16-6)18-7-2-3-8(13)9(14)5-7/h2-5H,1H3,(H2,15,19). The third kappa shape index (κ3) is 3.36. The Labute approximate surface area is 119 Å². The molecule has 2 rings (SSSR count). The molecule has 1 aromatic carbocycles. The largest absolute Gasteiger partial charge is 0.424 e. The molecule has 0 radical (unpaired) electrons. The molecule has 98 valence electrons. The SMILES string of the molecule is Cc1cc(C(N)=S)nc(Oc2ccc(Cl)c(F)c2)n1. The fraction of sp³-hybridized carbons (Fsp3) is 0.0833. The predicted octanol–water partition coefficient (Wildman–Crippen LogP) is 3.00. The van der Waals surface area contributed by atoms with E-state index in [1.54, 1.807) is 13.0 Å². The summed E-state index contributed by atoms with van der Waals surface area (Å²) in [7, 11) is 0. The highest BCUT2D eigenvalue weighted by molar-refractivity contribution is 7.80. The van der Waals surface area contributed by atoms with Crippen LogP contribution in [0, 0.1) is 12.7 Å². The molecule has 0 unspecified atom stereocenters. The number of halogens is 2. The van der Waals surface area contributed by atoms with Crippen molar-refractivity contribution < 1.29 is 9.13 Å². The summed E-state index contributed by atoms with van der Waals surface area (Å²) in [6.45, 7) is 1.75. The van der Waals surface area contributed by atoms with E-state index in [1.165, 1.54) is 12.1 Å². The quantitative estimate of drug-likeness (QED) is 0.883. The van der Waals surface area contributed by atoms with Crippen molar-refractivity contribution in [3.63, 3.8) is 0 Å². The summed E-state index contributed by atoms with van der Waals surface area (Å²) in [6.07, 6.45) is 0. The second-order valence-electron chi connectivity index (χ2n) is 3.72. The minimum atomic E-state index is -0.582. The number of aryl methyl sites for hydroxylation is 1. The normalized spacial score (nSPS) is 10.3. The van der Waals surface area contributed by atoms with E-state index in [-0.39, 0.29) is 21.8 Å². The molecule has 1 heterocycles. The van der Waals surface area contributed by atoms with Crippen molar-refractivity contribution in [1.82, 2.24) is 9.97 Å². The van der Waals surface area contributed by atoms with E-state index in [2.05, 4.69) is 9.97 Å². The Morgan fingerprint density at radius 1 is 1.37 bits per heavy atom. The molecule has 0 saturated heterocycles. The molecule has 0 fully saturated rings. The predicted molar refractivity (Wildman–Crippen MR) is 74.1 cm³/mol. The molecule has 7 heteroatoms. The third-order valence-electron chi connectivity index (χ3n) is 2.19. The number of aromatic nitrogens is 2. The Morgan fingerprint density at radius 3 is 2.74 bits per heavy atom. The number of hydrogen-bond donors (Lipinski definition) is 1. The maximum atomic E-state index is 13.3. The molecule has 0 atom stereocenters.